The van der Waals surface area contributed by atoms with Gasteiger partial charge in [0.1, 0.15) is 0 Å². The van der Waals surface area contributed by atoms with Crippen molar-refractivity contribution in [2.75, 3.05) is 13.2 Å². The van der Waals surface area contributed by atoms with E-state index in [1.807, 2.05) is 6.07 Å². The van der Waals surface area contributed by atoms with Crippen LogP contribution in [0.1, 0.15) is 18.0 Å². The van der Waals surface area contributed by atoms with E-state index in [0.717, 1.165) is 5.56 Å². The first-order valence-electron chi connectivity index (χ1n) is 5.10. The van der Waals surface area contributed by atoms with Crippen LogP contribution in [-0.2, 0) is 9.47 Å². The third kappa shape index (κ3) is 2.87. The Kier molecular flexibility index (Phi) is 4.05. The van der Waals surface area contributed by atoms with Crippen LogP contribution in [0.2, 0.25) is 10.0 Å². The molecular formula is C11H13Cl2NO2. The fourth-order valence-electron chi connectivity index (χ4n) is 1.63. The molecule has 0 bridgehead atoms. The van der Waals surface area contributed by atoms with Gasteiger partial charge in [0.15, 0.2) is 6.29 Å². The van der Waals surface area contributed by atoms with E-state index in [4.69, 9.17) is 38.4 Å². The molecule has 1 aliphatic rings. The van der Waals surface area contributed by atoms with Crippen molar-refractivity contribution in [1.29, 1.82) is 0 Å². The van der Waals surface area contributed by atoms with Crippen LogP contribution in [0, 0.1) is 0 Å². The SMILES string of the molecule is NC(CC1OCCO1)c1ccc(Cl)c(Cl)c1. The second-order valence-corrected chi connectivity index (χ2v) is 4.50. The van der Waals surface area contributed by atoms with Gasteiger partial charge in [0.2, 0.25) is 0 Å². The molecule has 2 rings (SSSR count). The topological polar surface area (TPSA) is 44.5 Å². The molecule has 1 aromatic carbocycles. The van der Waals surface area contributed by atoms with Gasteiger partial charge in [-0.2, -0.15) is 0 Å². The molecule has 0 aromatic heterocycles. The Morgan fingerprint density at radius 2 is 1.94 bits per heavy atom. The zero-order valence-corrected chi connectivity index (χ0v) is 10.2. The van der Waals surface area contributed by atoms with Gasteiger partial charge in [0.05, 0.1) is 23.3 Å². The maximum absolute atomic E-state index is 6.03. The van der Waals surface area contributed by atoms with E-state index < -0.39 is 0 Å². The summed E-state index contributed by atoms with van der Waals surface area (Å²) in [6.07, 6.45) is 0.419. The van der Waals surface area contributed by atoms with Crippen molar-refractivity contribution in [3.05, 3.63) is 33.8 Å². The minimum absolute atomic E-state index is 0.155. The number of ether oxygens (including phenoxy) is 2. The van der Waals surface area contributed by atoms with E-state index in [1.165, 1.54) is 0 Å². The average Bonchev–Trinajstić information content (AvgIpc) is 2.74. The van der Waals surface area contributed by atoms with E-state index in [2.05, 4.69) is 0 Å². The monoisotopic (exact) mass is 261 g/mol. The highest BCUT2D eigenvalue weighted by atomic mass is 35.5. The van der Waals surface area contributed by atoms with Gasteiger partial charge in [-0.15, -0.1) is 0 Å². The van der Waals surface area contributed by atoms with Crippen molar-refractivity contribution in [1.82, 2.24) is 0 Å². The number of halogens is 2. The molecule has 1 unspecified atom stereocenters. The zero-order chi connectivity index (χ0) is 11.5. The molecule has 1 atom stereocenters. The fraction of sp³-hybridized carbons (Fsp3) is 0.455. The lowest BCUT2D eigenvalue weighted by molar-refractivity contribution is -0.0507. The first kappa shape index (κ1) is 12.1. The summed E-state index contributed by atoms with van der Waals surface area (Å²) in [6.45, 7) is 1.28. The Labute approximate surface area is 104 Å². The van der Waals surface area contributed by atoms with Gasteiger partial charge in [0.25, 0.3) is 0 Å². The number of hydrogen-bond acceptors (Lipinski definition) is 3. The highest BCUT2D eigenvalue weighted by Crippen LogP contribution is 2.27. The maximum atomic E-state index is 6.03. The standard InChI is InChI=1S/C11H13Cl2NO2/c12-8-2-1-7(5-9(8)13)10(14)6-11-15-3-4-16-11/h1-2,5,10-11H,3-4,6,14H2. The van der Waals surface area contributed by atoms with E-state index in [1.54, 1.807) is 12.1 Å². The largest absolute Gasteiger partial charge is 0.350 e. The first-order valence-corrected chi connectivity index (χ1v) is 5.86. The van der Waals surface area contributed by atoms with Crippen molar-refractivity contribution in [3.63, 3.8) is 0 Å². The molecule has 2 N–H and O–H groups in total. The summed E-state index contributed by atoms with van der Waals surface area (Å²) in [5, 5.41) is 1.05. The third-order valence-electron chi connectivity index (χ3n) is 2.51. The van der Waals surface area contributed by atoms with Crippen LogP contribution in [0.25, 0.3) is 0 Å². The molecule has 88 valence electrons. The van der Waals surface area contributed by atoms with Gasteiger partial charge in [-0.25, -0.2) is 0 Å². The molecule has 1 aliphatic heterocycles. The molecule has 0 spiro atoms. The average molecular weight is 262 g/mol. The van der Waals surface area contributed by atoms with Crippen molar-refractivity contribution in [3.8, 4) is 0 Å². The van der Waals surface area contributed by atoms with Crippen molar-refractivity contribution in [2.45, 2.75) is 18.8 Å². The third-order valence-corrected chi connectivity index (χ3v) is 3.25. The second-order valence-electron chi connectivity index (χ2n) is 3.69. The summed E-state index contributed by atoms with van der Waals surface area (Å²) in [6, 6.07) is 5.24. The Hall–Kier alpha value is -0.320. The van der Waals surface area contributed by atoms with E-state index in [-0.39, 0.29) is 12.3 Å². The Morgan fingerprint density at radius 3 is 2.56 bits per heavy atom. The quantitative estimate of drug-likeness (QED) is 0.910. The molecule has 1 heterocycles. The minimum Gasteiger partial charge on any atom is -0.350 e. The normalized spacial score (nSPS) is 18.9. The smallest absolute Gasteiger partial charge is 0.159 e. The van der Waals surface area contributed by atoms with Crippen LogP contribution in [-0.4, -0.2) is 19.5 Å². The van der Waals surface area contributed by atoms with Crippen molar-refractivity contribution >= 4 is 23.2 Å². The van der Waals surface area contributed by atoms with Gasteiger partial charge in [-0.1, -0.05) is 29.3 Å². The second kappa shape index (κ2) is 5.34. The van der Waals surface area contributed by atoms with Gasteiger partial charge in [-0.05, 0) is 17.7 Å². The molecule has 1 saturated heterocycles. The van der Waals surface area contributed by atoms with Crippen molar-refractivity contribution in [2.24, 2.45) is 5.73 Å². The number of benzene rings is 1. The van der Waals surface area contributed by atoms with Crippen LogP contribution in [0.5, 0.6) is 0 Å². The van der Waals surface area contributed by atoms with Crippen molar-refractivity contribution < 1.29 is 9.47 Å². The lowest BCUT2D eigenvalue weighted by atomic mass is 10.0. The summed E-state index contributed by atoms with van der Waals surface area (Å²) < 4.78 is 10.7. The molecule has 5 heteroatoms. The van der Waals surface area contributed by atoms with Gasteiger partial charge in [-0.3, -0.25) is 0 Å². The Bertz CT molecular complexity index is 367. The van der Waals surface area contributed by atoms with Gasteiger partial charge >= 0.3 is 0 Å². The van der Waals surface area contributed by atoms with E-state index >= 15 is 0 Å². The van der Waals surface area contributed by atoms with Crippen LogP contribution in [0.3, 0.4) is 0 Å². The minimum atomic E-state index is -0.204. The molecule has 0 aliphatic carbocycles. The predicted octanol–water partition coefficient (Wildman–Crippen LogP) is 2.76. The summed E-state index contributed by atoms with van der Waals surface area (Å²) >= 11 is 11.8. The first-order chi connectivity index (χ1) is 7.66. The molecule has 0 saturated carbocycles. The molecule has 0 radical (unpaired) electrons. The summed E-state index contributed by atoms with van der Waals surface area (Å²) in [5.74, 6) is 0. The highest BCUT2D eigenvalue weighted by Gasteiger charge is 2.20. The lowest BCUT2D eigenvalue weighted by Crippen LogP contribution is -2.19. The molecule has 16 heavy (non-hydrogen) atoms. The summed E-state index contributed by atoms with van der Waals surface area (Å²) in [7, 11) is 0. The van der Waals surface area contributed by atoms with Crippen LogP contribution in [0.15, 0.2) is 18.2 Å². The van der Waals surface area contributed by atoms with Gasteiger partial charge in [0, 0.05) is 12.5 Å². The van der Waals surface area contributed by atoms with E-state index in [9.17, 15) is 0 Å². The van der Waals surface area contributed by atoms with E-state index in [0.29, 0.717) is 29.7 Å². The maximum Gasteiger partial charge on any atom is 0.159 e. The Balaban J connectivity index is 2.02. The molecule has 0 amide bonds. The van der Waals surface area contributed by atoms with Crippen LogP contribution in [0.4, 0.5) is 0 Å². The van der Waals surface area contributed by atoms with Gasteiger partial charge < -0.3 is 15.2 Å². The number of rotatable bonds is 3. The highest BCUT2D eigenvalue weighted by molar-refractivity contribution is 6.42. The summed E-state index contributed by atoms with van der Waals surface area (Å²) in [4.78, 5) is 0. The Morgan fingerprint density at radius 1 is 1.25 bits per heavy atom. The lowest BCUT2D eigenvalue weighted by Gasteiger charge is -2.16. The molecule has 3 nitrogen and oxygen atoms in total. The predicted molar refractivity (Wildman–Crippen MR) is 63.7 cm³/mol. The zero-order valence-electron chi connectivity index (χ0n) is 8.66. The number of nitrogens with two attached hydrogens (primary N) is 1. The number of hydrogen-bond donors (Lipinski definition) is 1. The van der Waals surface area contributed by atoms with Crippen LogP contribution < -0.4 is 5.73 Å². The molecular weight excluding hydrogens is 249 g/mol. The fourth-order valence-corrected chi connectivity index (χ4v) is 1.94. The molecule has 1 fully saturated rings. The van der Waals surface area contributed by atoms with Crippen LogP contribution >= 0.6 is 23.2 Å². The summed E-state index contributed by atoms with van der Waals surface area (Å²) in [5.41, 5.74) is 6.97. The molecule has 1 aromatic rings.